The summed E-state index contributed by atoms with van der Waals surface area (Å²) >= 11 is 0. The van der Waals surface area contributed by atoms with E-state index < -0.39 is 0 Å². The van der Waals surface area contributed by atoms with E-state index in [9.17, 15) is 4.79 Å². The molecule has 0 bridgehead atoms. The van der Waals surface area contributed by atoms with E-state index in [0.717, 1.165) is 6.32 Å². The third kappa shape index (κ3) is 19.4. The second-order valence-corrected chi connectivity index (χ2v) is 7.08. The number of allylic oxidation sites excluding steroid dienone is 1. The highest BCUT2D eigenvalue weighted by atomic mass is 16.1. The molecule has 2 heteroatoms. The minimum atomic E-state index is 0.200. The van der Waals surface area contributed by atoms with Crippen LogP contribution in [0.25, 0.3) is 0 Å². The van der Waals surface area contributed by atoms with Crippen LogP contribution in [-0.4, -0.2) is 13.0 Å². The average Bonchev–Trinajstić information content (AvgIpc) is 2.57. The Kier molecular flexibility index (Phi) is 19.1. The summed E-state index contributed by atoms with van der Waals surface area (Å²) in [6.07, 6.45) is 24.9. The van der Waals surface area contributed by atoms with E-state index >= 15 is 0 Å². The van der Waals surface area contributed by atoms with Crippen LogP contribution < -0.4 is 0 Å². The van der Waals surface area contributed by atoms with E-state index in [2.05, 4.69) is 13.5 Å². The third-order valence-electron chi connectivity index (χ3n) is 4.75. The van der Waals surface area contributed by atoms with Crippen LogP contribution in [0.2, 0.25) is 6.32 Å². The van der Waals surface area contributed by atoms with Gasteiger partial charge in [-0.2, -0.15) is 0 Å². The van der Waals surface area contributed by atoms with E-state index in [1.807, 2.05) is 0 Å². The molecule has 0 radical (unpaired) electrons. The number of carbonyl (C=O) groups is 1. The fourth-order valence-electron chi connectivity index (χ4n) is 3.13. The van der Waals surface area contributed by atoms with E-state index in [1.54, 1.807) is 0 Å². The molecule has 0 unspecified atom stereocenters. The monoisotopic (exact) mass is 320 g/mol. The fraction of sp³-hybridized carbons (Fsp3) is 0.857. The standard InChI is InChI=1S/C21H41BO/c1-3-5-6-7-8-9-10-11-12-13-14-15-16-17-18-19-20-22-21(23)4-2/h4,22H,2-3,5-20H2,1H3. The maximum atomic E-state index is 11.1. The van der Waals surface area contributed by atoms with Crippen LogP contribution in [0.5, 0.6) is 0 Å². The second-order valence-electron chi connectivity index (χ2n) is 7.08. The molecule has 0 rings (SSSR count). The lowest BCUT2D eigenvalue weighted by atomic mass is 9.68. The summed E-state index contributed by atoms with van der Waals surface area (Å²) in [5, 5.41) is 0. The molecule has 0 saturated carbocycles. The molecule has 23 heavy (non-hydrogen) atoms. The molecule has 0 aromatic rings. The highest BCUT2D eigenvalue weighted by Crippen LogP contribution is 2.13. The Bertz CT molecular complexity index is 263. The lowest BCUT2D eigenvalue weighted by Gasteiger charge is -2.03. The first-order valence-corrected chi connectivity index (χ1v) is 10.5. The second kappa shape index (κ2) is 19.5. The van der Waals surface area contributed by atoms with Crippen LogP contribution >= 0.6 is 0 Å². The minimum absolute atomic E-state index is 0.200. The number of unbranched alkanes of at least 4 members (excludes halogenated alkanes) is 15. The number of carbonyl (C=O) groups excluding carboxylic acids is 1. The highest BCUT2D eigenvalue weighted by Gasteiger charge is 1.98. The number of hydrogen-bond acceptors (Lipinski definition) is 1. The van der Waals surface area contributed by atoms with Gasteiger partial charge in [-0.25, -0.2) is 0 Å². The van der Waals surface area contributed by atoms with Gasteiger partial charge in [-0.05, 0) is 6.08 Å². The molecule has 0 atom stereocenters. The van der Waals surface area contributed by atoms with Crippen molar-refractivity contribution in [3.63, 3.8) is 0 Å². The quantitative estimate of drug-likeness (QED) is 0.145. The van der Waals surface area contributed by atoms with Gasteiger partial charge in [0.1, 0.15) is 5.68 Å². The lowest BCUT2D eigenvalue weighted by Crippen LogP contribution is -2.03. The van der Waals surface area contributed by atoms with E-state index in [1.165, 1.54) is 109 Å². The molecule has 1 nitrogen and oxygen atoms in total. The van der Waals surface area contributed by atoms with Crippen molar-refractivity contribution in [3.05, 3.63) is 12.7 Å². The number of rotatable bonds is 19. The molecule has 0 amide bonds. The molecule has 0 N–H and O–H groups in total. The Labute approximate surface area is 146 Å². The van der Waals surface area contributed by atoms with Gasteiger partial charge < -0.3 is 4.79 Å². The van der Waals surface area contributed by atoms with Crippen molar-refractivity contribution in [1.82, 2.24) is 0 Å². The first-order chi connectivity index (χ1) is 11.3. The zero-order valence-corrected chi connectivity index (χ0v) is 15.9. The molecule has 0 saturated heterocycles. The normalized spacial score (nSPS) is 10.7. The Morgan fingerprint density at radius 3 is 1.39 bits per heavy atom. The maximum Gasteiger partial charge on any atom is 0.211 e. The van der Waals surface area contributed by atoms with Gasteiger partial charge in [0.25, 0.3) is 0 Å². The van der Waals surface area contributed by atoms with E-state index in [-0.39, 0.29) is 5.68 Å². The fourth-order valence-corrected chi connectivity index (χ4v) is 3.13. The molecule has 0 spiro atoms. The summed E-state index contributed by atoms with van der Waals surface area (Å²) in [5.74, 6) is 0. The largest absolute Gasteiger partial charge is 0.307 e. The lowest BCUT2D eigenvalue weighted by molar-refractivity contribution is -0.108. The molecule has 0 aromatic carbocycles. The van der Waals surface area contributed by atoms with Crippen molar-refractivity contribution in [2.75, 3.05) is 0 Å². The first kappa shape index (κ1) is 22.5. The SMILES string of the molecule is C=CC(=O)BCCCCCCCCCCCCCCCCCC. The molecule has 134 valence electrons. The van der Waals surface area contributed by atoms with Gasteiger partial charge in [-0.15, -0.1) is 0 Å². The summed E-state index contributed by atoms with van der Waals surface area (Å²) in [6, 6.07) is 0. The first-order valence-electron chi connectivity index (χ1n) is 10.5. The van der Waals surface area contributed by atoms with Crippen LogP contribution in [0.3, 0.4) is 0 Å². The molecule has 0 fully saturated rings. The van der Waals surface area contributed by atoms with Crippen LogP contribution in [-0.2, 0) is 4.79 Å². The van der Waals surface area contributed by atoms with Gasteiger partial charge in [0.2, 0.25) is 7.28 Å². The zero-order valence-electron chi connectivity index (χ0n) is 15.9. The molecule has 0 aliphatic rings. The van der Waals surface area contributed by atoms with Crippen molar-refractivity contribution in [2.45, 2.75) is 116 Å². The summed E-state index contributed by atoms with van der Waals surface area (Å²) in [4.78, 5) is 11.1. The van der Waals surface area contributed by atoms with Gasteiger partial charge >= 0.3 is 0 Å². The summed E-state index contributed by atoms with van der Waals surface area (Å²) in [5.41, 5.74) is 0.200. The van der Waals surface area contributed by atoms with Crippen molar-refractivity contribution in [2.24, 2.45) is 0 Å². The minimum Gasteiger partial charge on any atom is -0.307 e. The van der Waals surface area contributed by atoms with Gasteiger partial charge in [0, 0.05) is 0 Å². The molecule has 0 aromatic heterocycles. The molecular weight excluding hydrogens is 279 g/mol. The third-order valence-corrected chi connectivity index (χ3v) is 4.75. The predicted octanol–water partition coefficient (Wildman–Crippen LogP) is 6.82. The van der Waals surface area contributed by atoms with Gasteiger partial charge in [-0.1, -0.05) is 123 Å². The van der Waals surface area contributed by atoms with Crippen molar-refractivity contribution >= 4 is 13.0 Å². The van der Waals surface area contributed by atoms with Crippen LogP contribution in [0.1, 0.15) is 110 Å². The molecule has 0 heterocycles. The highest BCUT2D eigenvalue weighted by molar-refractivity contribution is 6.76. The Morgan fingerprint density at radius 1 is 0.696 bits per heavy atom. The molecular formula is C21H41BO. The van der Waals surface area contributed by atoms with Crippen LogP contribution in [0.15, 0.2) is 12.7 Å². The average molecular weight is 320 g/mol. The van der Waals surface area contributed by atoms with Gasteiger partial charge in [0.15, 0.2) is 0 Å². The summed E-state index contributed by atoms with van der Waals surface area (Å²) < 4.78 is 0. The number of hydrogen-bond donors (Lipinski definition) is 0. The maximum absolute atomic E-state index is 11.1. The molecule has 0 aliphatic heterocycles. The van der Waals surface area contributed by atoms with E-state index in [4.69, 9.17) is 0 Å². The van der Waals surface area contributed by atoms with Crippen LogP contribution in [0, 0.1) is 0 Å². The topological polar surface area (TPSA) is 17.1 Å². The Balaban J connectivity index is 3.00. The van der Waals surface area contributed by atoms with E-state index in [0.29, 0.717) is 7.28 Å². The molecule has 0 aliphatic carbocycles. The summed E-state index contributed by atoms with van der Waals surface area (Å²) in [7, 11) is 0.697. The summed E-state index contributed by atoms with van der Waals surface area (Å²) in [6.45, 7) is 5.79. The Hall–Kier alpha value is -0.525. The van der Waals surface area contributed by atoms with Crippen molar-refractivity contribution in [1.29, 1.82) is 0 Å². The Morgan fingerprint density at radius 2 is 1.04 bits per heavy atom. The zero-order chi connectivity index (χ0) is 17.0. The predicted molar refractivity (Wildman–Crippen MR) is 107 cm³/mol. The van der Waals surface area contributed by atoms with Gasteiger partial charge in [0.05, 0.1) is 0 Å². The van der Waals surface area contributed by atoms with Crippen molar-refractivity contribution in [3.8, 4) is 0 Å². The van der Waals surface area contributed by atoms with Crippen molar-refractivity contribution < 1.29 is 4.79 Å². The van der Waals surface area contributed by atoms with Gasteiger partial charge in [-0.3, -0.25) is 0 Å². The smallest absolute Gasteiger partial charge is 0.211 e. The van der Waals surface area contributed by atoms with Crippen LogP contribution in [0.4, 0.5) is 0 Å².